The van der Waals surface area contributed by atoms with Gasteiger partial charge in [0.1, 0.15) is 0 Å². The topological polar surface area (TPSA) is 53.6 Å². The minimum absolute atomic E-state index is 0. The molecule has 2 unspecified atom stereocenters. The maximum Gasteiger partial charge on any atom is 0.237 e. The fourth-order valence-corrected chi connectivity index (χ4v) is 3.49. The second kappa shape index (κ2) is 11.2. The van der Waals surface area contributed by atoms with Crippen molar-refractivity contribution in [3.05, 3.63) is 34.9 Å². The van der Waals surface area contributed by atoms with E-state index < -0.39 is 0 Å². The largest absolute Gasteiger partial charge is 0.379 e. The zero-order valence-electron chi connectivity index (χ0n) is 14.1. The summed E-state index contributed by atoms with van der Waals surface area (Å²) in [5.74, 6) is 0.0998. The Hall–Kier alpha value is -0.560. The quantitative estimate of drug-likeness (QED) is 0.783. The summed E-state index contributed by atoms with van der Waals surface area (Å²) in [6, 6.07) is 7.99. The lowest BCUT2D eigenvalue weighted by atomic mass is 10.0. The summed E-state index contributed by atoms with van der Waals surface area (Å²) in [6.45, 7) is 4.73. The van der Waals surface area contributed by atoms with E-state index >= 15 is 0 Å². The van der Waals surface area contributed by atoms with E-state index in [1.807, 2.05) is 18.2 Å². The summed E-state index contributed by atoms with van der Waals surface area (Å²) in [6.07, 6.45) is 1.99. The Balaban J connectivity index is 0.00000156. The van der Waals surface area contributed by atoms with E-state index in [1.165, 1.54) is 0 Å². The van der Waals surface area contributed by atoms with Crippen LogP contribution in [0.5, 0.6) is 0 Å². The molecule has 0 aromatic heterocycles. The van der Waals surface area contributed by atoms with Crippen molar-refractivity contribution in [2.24, 2.45) is 0 Å². The third kappa shape index (κ3) is 6.27. The first-order valence-corrected chi connectivity index (χ1v) is 8.70. The SMILES string of the molecule is Cl.Cl.O=C(NCC(c1cccc(Cl)c1)N1CCOCC1)C1CCCN1. The van der Waals surface area contributed by atoms with Crippen LogP contribution in [0.3, 0.4) is 0 Å². The number of amides is 1. The molecule has 1 amide bonds. The molecule has 8 heteroatoms. The summed E-state index contributed by atoms with van der Waals surface area (Å²) in [5, 5.41) is 7.08. The fraction of sp³-hybridized carbons (Fsp3) is 0.588. The zero-order chi connectivity index (χ0) is 16.1. The van der Waals surface area contributed by atoms with E-state index in [0.29, 0.717) is 6.54 Å². The summed E-state index contributed by atoms with van der Waals surface area (Å²) in [5.41, 5.74) is 1.14. The van der Waals surface area contributed by atoms with Gasteiger partial charge >= 0.3 is 0 Å². The molecule has 2 fully saturated rings. The van der Waals surface area contributed by atoms with E-state index in [0.717, 1.165) is 56.3 Å². The lowest BCUT2D eigenvalue weighted by molar-refractivity contribution is -0.123. The third-order valence-corrected chi connectivity index (χ3v) is 4.80. The first kappa shape index (κ1) is 22.5. The molecular weight excluding hydrogens is 385 g/mol. The molecule has 0 radical (unpaired) electrons. The van der Waals surface area contributed by atoms with Gasteiger partial charge < -0.3 is 15.4 Å². The molecule has 1 aromatic rings. The molecular formula is C17H26Cl3N3O2. The average Bonchev–Trinajstić information content (AvgIpc) is 3.10. The Morgan fingerprint density at radius 3 is 2.76 bits per heavy atom. The van der Waals surface area contributed by atoms with Crippen LogP contribution in [0, 0.1) is 0 Å². The molecule has 0 saturated carbocycles. The Kier molecular flexibility index (Phi) is 10.1. The molecule has 5 nitrogen and oxygen atoms in total. The van der Waals surface area contributed by atoms with Crippen LogP contribution in [0.4, 0.5) is 0 Å². The predicted molar refractivity (Wildman–Crippen MR) is 105 cm³/mol. The first-order valence-electron chi connectivity index (χ1n) is 8.32. The number of carbonyl (C=O) groups excluding carboxylic acids is 1. The molecule has 0 spiro atoms. The molecule has 2 aliphatic heterocycles. The van der Waals surface area contributed by atoms with Crippen LogP contribution in [0.1, 0.15) is 24.4 Å². The van der Waals surface area contributed by atoms with Crippen molar-refractivity contribution in [2.75, 3.05) is 39.4 Å². The second-order valence-corrected chi connectivity index (χ2v) is 6.55. The maximum absolute atomic E-state index is 12.3. The van der Waals surface area contributed by atoms with Crippen LogP contribution in [-0.4, -0.2) is 56.2 Å². The van der Waals surface area contributed by atoms with Crippen LogP contribution >= 0.6 is 36.4 Å². The van der Waals surface area contributed by atoms with Crippen molar-refractivity contribution < 1.29 is 9.53 Å². The first-order chi connectivity index (χ1) is 11.2. The van der Waals surface area contributed by atoms with Crippen LogP contribution in [0.2, 0.25) is 5.02 Å². The lowest BCUT2D eigenvalue weighted by Crippen LogP contribution is -2.47. The van der Waals surface area contributed by atoms with Gasteiger partial charge in [-0.1, -0.05) is 23.7 Å². The van der Waals surface area contributed by atoms with E-state index in [1.54, 1.807) is 0 Å². The molecule has 3 rings (SSSR count). The van der Waals surface area contributed by atoms with Crippen molar-refractivity contribution in [1.29, 1.82) is 0 Å². The molecule has 142 valence electrons. The van der Waals surface area contributed by atoms with E-state index in [9.17, 15) is 4.79 Å². The summed E-state index contributed by atoms with van der Waals surface area (Å²) in [4.78, 5) is 14.6. The highest BCUT2D eigenvalue weighted by Crippen LogP contribution is 2.24. The van der Waals surface area contributed by atoms with Gasteiger partial charge in [-0.25, -0.2) is 0 Å². The Labute approximate surface area is 166 Å². The Morgan fingerprint density at radius 1 is 1.36 bits per heavy atom. The number of ether oxygens (including phenoxy) is 1. The molecule has 25 heavy (non-hydrogen) atoms. The number of halogens is 3. The number of carbonyl (C=O) groups is 1. The smallest absolute Gasteiger partial charge is 0.237 e. The number of morpholine rings is 1. The van der Waals surface area contributed by atoms with Crippen molar-refractivity contribution in [3.63, 3.8) is 0 Å². The summed E-state index contributed by atoms with van der Waals surface area (Å²) >= 11 is 6.15. The molecule has 2 atom stereocenters. The van der Waals surface area contributed by atoms with Gasteiger partial charge in [-0.3, -0.25) is 9.69 Å². The van der Waals surface area contributed by atoms with E-state index in [-0.39, 0.29) is 42.8 Å². The van der Waals surface area contributed by atoms with Crippen molar-refractivity contribution in [2.45, 2.75) is 24.9 Å². The summed E-state index contributed by atoms with van der Waals surface area (Å²) in [7, 11) is 0. The highest BCUT2D eigenvalue weighted by atomic mass is 35.5. The molecule has 1 aromatic carbocycles. The molecule has 2 N–H and O–H groups in total. The van der Waals surface area contributed by atoms with Crippen LogP contribution < -0.4 is 10.6 Å². The minimum atomic E-state index is -0.0419. The van der Waals surface area contributed by atoms with Crippen molar-refractivity contribution in [1.82, 2.24) is 15.5 Å². The van der Waals surface area contributed by atoms with E-state index in [2.05, 4.69) is 21.6 Å². The minimum Gasteiger partial charge on any atom is -0.379 e. The Bertz CT molecular complexity index is 536. The highest BCUT2D eigenvalue weighted by Gasteiger charge is 2.26. The predicted octanol–water partition coefficient (Wildman–Crippen LogP) is 2.43. The number of hydrogen-bond acceptors (Lipinski definition) is 4. The average molecular weight is 411 g/mol. The molecule has 2 aliphatic rings. The van der Waals surface area contributed by atoms with Gasteiger partial charge in [-0.05, 0) is 37.1 Å². The van der Waals surface area contributed by atoms with Gasteiger partial charge in [-0.2, -0.15) is 0 Å². The molecule has 2 saturated heterocycles. The van der Waals surface area contributed by atoms with Gasteiger partial charge in [0.2, 0.25) is 5.91 Å². The van der Waals surface area contributed by atoms with Gasteiger partial charge in [0.05, 0.1) is 25.3 Å². The molecule has 0 aliphatic carbocycles. The van der Waals surface area contributed by atoms with Gasteiger partial charge in [0, 0.05) is 24.7 Å². The third-order valence-electron chi connectivity index (χ3n) is 4.57. The van der Waals surface area contributed by atoms with Gasteiger partial charge in [0.15, 0.2) is 0 Å². The van der Waals surface area contributed by atoms with Gasteiger partial charge in [-0.15, -0.1) is 24.8 Å². The van der Waals surface area contributed by atoms with Gasteiger partial charge in [0.25, 0.3) is 0 Å². The highest BCUT2D eigenvalue weighted by molar-refractivity contribution is 6.30. The van der Waals surface area contributed by atoms with Crippen molar-refractivity contribution in [3.8, 4) is 0 Å². The lowest BCUT2D eigenvalue weighted by Gasteiger charge is -2.35. The number of nitrogens with zero attached hydrogens (tertiary/aromatic N) is 1. The molecule has 2 heterocycles. The van der Waals surface area contributed by atoms with E-state index in [4.69, 9.17) is 16.3 Å². The maximum atomic E-state index is 12.3. The molecule has 0 bridgehead atoms. The normalized spacial score (nSPS) is 21.7. The van der Waals surface area contributed by atoms with Crippen LogP contribution in [-0.2, 0) is 9.53 Å². The van der Waals surface area contributed by atoms with Crippen molar-refractivity contribution >= 4 is 42.3 Å². The van der Waals surface area contributed by atoms with Crippen LogP contribution in [0.15, 0.2) is 24.3 Å². The number of rotatable bonds is 5. The standard InChI is InChI=1S/C17H24ClN3O2.2ClH/c18-14-4-1-3-13(11-14)16(21-7-9-23-10-8-21)12-20-17(22)15-5-2-6-19-15;;/h1,3-4,11,15-16,19H,2,5-10,12H2,(H,20,22);2*1H. The number of hydrogen-bond donors (Lipinski definition) is 2. The fourth-order valence-electron chi connectivity index (χ4n) is 3.29. The number of nitrogens with one attached hydrogen (secondary N) is 2. The Morgan fingerprint density at radius 2 is 2.12 bits per heavy atom. The monoisotopic (exact) mass is 409 g/mol. The summed E-state index contributed by atoms with van der Waals surface area (Å²) < 4.78 is 5.45. The van der Waals surface area contributed by atoms with Crippen LogP contribution in [0.25, 0.3) is 0 Å². The zero-order valence-corrected chi connectivity index (χ0v) is 16.5. The second-order valence-electron chi connectivity index (χ2n) is 6.11. The number of benzene rings is 1.